The summed E-state index contributed by atoms with van der Waals surface area (Å²) in [5.41, 5.74) is -0.410. The van der Waals surface area contributed by atoms with E-state index in [1.54, 1.807) is 12.1 Å². The first-order valence-corrected chi connectivity index (χ1v) is 2.17. The van der Waals surface area contributed by atoms with Crippen molar-refractivity contribution in [3.63, 3.8) is 0 Å². The normalized spacial score (nSPS) is 8.00. The average molecular weight is 176 g/mol. The molecule has 0 saturated carbocycles. The molecule has 9 heavy (non-hydrogen) atoms. The maximum atomic E-state index is 10.3. The summed E-state index contributed by atoms with van der Waals surface area (Å²) in [6.45, 7) is 0. The summed E-state index contributed by atoms with van der Waals surface area (Å²) in [6.07, 6.45) is 1.28. The summed E-state index contributed by atoms with van der Waals surface area (Å²) in [5, 5.41) is 8.52. The number of hydrogen-bond acceptors (Lipinski definition) is 2. The van der Waals surface area contributed by atoms with Gasteiger partial charge in [0.2, 0.25) is 0 Å². The van der Waals surface area contributed by atoms with Gasteiger partial charge in [0.1, 0.15) is 0 Å². The molecule has 0 spiro atoms. The molecule has 1 aromatic rings. The first-order chi connectivity index (χ1) is 3.80. The van der Waals surface area contributed by atoms with Gasteiger partial charge in [0, 0.05) is 31.7 Å². The van der Waals surface area contributed by atoms with Crippen molar-refractivity contribution < 1.29 is 24.7 Å². The second-order valence-electron chi connectivity index (χ2n) is 1.38. The van der Waals surface area contributed by atoms with Crippen LogP contribution in [0.4, 0.5) is 0 Å². The molecule has 1 aromatic heterocycles. The number of nitrogens with zero attached hydrogens (tertiary/aromatic N) is 1. The molecule has 0 aliphatic carbocycles. The average Bonchev–Trinajstić information content (AvgIpc) is 1.77. The fourth-order valence-corrected chi connectivity index (χ4v) is 0.419. The zero-order valence-corrected chi connectivity index (χ0v) is 7.79. The van der Waals surface area contributed by atoms with E-state index in [1.807, 2.05) is 0 Å². The van der Waals surface area contributed by atoms with Crippen LogP contribution in [0.15, 0.2) is 29.2 Å². The first-order valence-electron chi connectivity index (χ1n) is 2.17. The van der Waals surface area contributed by atoms with Crippen molar-refractivity contribution in [2.45, 2.75) is 0 Å². The molecule has 1 rings (SSSR count). The van der Waals surface area contributed by atoms with Crippen molar-refractivity contribution in [2.24, 2.45) is 0 Å². The van der Waals surface area contributed by atoms with Gasteiger partial charge in [-0.25, -0.2) is 0 Å². The van der Waals surface area contributed by atoms with Crippen LogP contribution in [-0.2, 0) is 19.5 Å². The Morgan fingerprint density at radius 3 is 2.44 bits per heavy atom. The van der Waals surface area contributed by atoms with Crippen LogP contribution in [0.3, 0.4) is 0 Å². The molecule has 44 valence electrons. The molecular formula is C5H5NO2Zn. The van der Waals surface area contributed by atoms with Gasteiger partial charge in [0.15, 0.2) is 0 Å². The molecule has 0 aliphatic rings. The van der Waals surface area contributed by atoms with E-state index in [0.717, 1.165) is 0 Å². The van der Waals surface area contributed by atoms with Crippen molar-refractivity contribution in [1.29, 1.82) is 0 Å². The van der Waals surface area contributed by atoms with Gasteiger partial charge >= 0.3 is 0 Å². The van der Waals surface area contributed by atoms with Gasteiger partial charge in [-0.05, 0) is 6.07 Å². The molecule has 0 bridgehead atoms. The predicted molar refractivity (Wildman–Crippen MR) is 27.9 cm³/mol. The zero-order chi connectivity index (χ0) is 5.98. The molecule has 0 radical (unpaired) electrons. The van der Waals surface area contributed by atoms with Gasteiger partial charge < -0.3 is 5.21 Å². The largest absolute Gasteiger partial charge is 0.425 e. The van der Waals surface area contributed by atoms with Crippen LogP contribution in [0.1, 0.15) is 0 Å². The van der Waals surface area contributed by atoms with Crippen LogP contribution in [-0.4, -0.2) is 9.94 Å². The third-order valence-electron chi connectivity index (χ3n) is 0.803. The Balaban J connectivity index is 0.000000640. The maximum Gasteiger partial charge on any atom is 0.282 e. The van der Waals surface area contributed by atoms with Gasteiger partial charge in [0.25, 0.3) is 5.56 Å². The maximum absolute atomic E-state index is 10.3. The van der Waals surface area contributed by atoms with Gasteiger partial charge in [-0.15, -0.1) is 0 Å². The Kier molecular flexibility index (Phi) is 3.17. The van der Waals surface area contributed by atoms with Crippen molar-refractivity contribution in [2.75, 3.05) is 0 Å². The Morgan fingerprint density at radius 1 is 1.44 bits per heavy atom. The van der Waals surface area contributed by atoms with Crippen LogP contribution in [0.2, 0.25) is 0 Å². The first kappa shape index (κ1) is 8.37. The number of rotatable bonds is 0. The monoisotopic (exact) mass is 175 g/mol. The molecular weight excluding hydrogens is 171 g/mol. The van der Waals surface area contributed by atoms with E-state index in [2.05, 4.69) is 0 Å². The summed E-state index contributed by atoms with van der Waals surface area (Å²) in [7, 11) is 0. The van der Waals surface area contributed by atoms with Crippen LogP contribution < -0.4 is 5.56 Å². The molecule has 1 N–H and O–H groups in total. The molecule has 0 unspecified atom stereocenters. The fraction of sp³-hybridized carbons (Fsp3) is 0. The third-order valence-corrected chi connectivity index (χ3v) is 0.803. The molecule has 0 fully saturated rings. The standard InChI is InChI=1S/C5H5NO2.Zn/c7-5-3-1-2-4-6(5)8;/h1-4,8H;. The van der Waals surface area contributed by atoms with E-state index in [0.29, 0.717) is 4.73 Å². The minimum absolute atomic E-state index is 0. The predicted octanol–water partition coefficient (Wildman–Crippen LogP) is 0.0831. The summed E-state index contributed by atoms with van der Waals surface area (Å²) in [4.78, 5) is 10.3. The van der Waals surface area contributed by atoms with Crippen LogP contribution in [0.25, 0.3) is 0 Å². The second-order valence-corrected chi connectivity index (χ2v) is 1.38. The minimum Gasteiger partial charge on any atom is -0.425 e. The summed E-state index contributed by atoms with van der Waals surface area (Å²) < 4.78 is 0.528. The Bertz CT molecular complexity index is 232. The van der Waals surface area contributed by atoms with Crippen molar-refractivity contribution in [3.8, 4) is 0 Å². The van der Waals surface area contributed by atoms with Crippen LogP contribution >= 0.6 is 0 Å². The van der Waals surface area contributed by atoms with Crippen LogP contribution in [0.5, 0.6) is 0 Å². The molecule has 0 aliphatic heterocycles. The summed E-state index contributed by atoms with van der Waals surface area (Å²) in [6, 6.07) is 4.41. The van der Waals surface area contributed by atoms with Crippen LogP contribution in [0, 0.1) is 0 Å². The van der Waals surface area contributed by atoms with E-state index in [-0.39, 0.29) is 19.5 Å². The van der Waals surface area contributed by atoms with Gasteiger partial charge in [0.05, 0.1) is 0 Å². The van der Waals surface area contributed by atoms with Crippen molar-refractivity contribution >= 4 is 0 Å². The Labute approximate surface area is 64.7 Å². The Hall–Kier alpha value is -0.627. The van der Waals surface area contributed by atoms with E-state index in [4.69, 9.17) is 5.21 Å². The Morgan fingerprint density at radius 2 is 2.11 bits per heavy atom. The van der Waals surface area contributed by atoms with Gasteiger partial charge in [-0.2, -0.15) is 4.73 Å². The smallest absolute Gasteiger partial charge is 0.282 e. The second kappa shape index (κ2) is 3.41. The molecule has 0 saturated heterocycles. The molecule has 4 heteroatoms. The number of hydrogen-bond donors (Lipinski definition) is 1. The number of pyridine rings is 1. The molecule has 0 atom stereocenters. The van der Waals surface area contributed by atoms with Crippen molar-refractivity contribution in [3.05, 3.63) is 34.7 Å². The zero-order valence-electron chi connectivity index (χ0n) is 4.82. The van der Waals surface area contributed by atoms with E-state index in [1.165, 1.54) is 12.3 Å². The number of aromatic nitrogens is 1. The van der Waals surface area contributed by atoms with E-state index in [9.17, 15) is 4.79 Å². The summed E-state index contributed by atoms with van der Waals surface area (Å²) >= 11 is 0. The van der Waals surface area contributed by atoms with E-state index < -0.39 is 5.56 Å². The molecule has 0 amide bonds. The molecule has 3 nitrogen and oxygen atoms in total. The summed E-state index contributed by atoms with van der Waals surface area (Å²) in [5.74, 6) is 0. The quantitative estimate of drug-likeness (QED) is 0.450. The van der Waals surface area contributed by atoms with Crippen molar-refractivity contribution in [1.82, 2.24) is 4.73 Å². The molecule has 1 heterocycles. The third kappa shape index (κ3) is 1.98. The van der Waals surface area contributed by atoms with E-state index >= 15 is 0 Å². The minimum atomic E-state index is -0.410. The topological polar surface area (TPSA) is 42.2 Å². The van der Waals surface area contributed by atoms with Gasteiger partial charge in [-0.3, -0.25) is 4.79 Å². The van der Waals surface area contributed by atoms with Gasteiger partial charge in [-0.1, -0.05) is 6.07 Å². The SMILES string of the molecule is O=c1ccccn1O.[Zn]. The molecule has 0 aromatic carbocycles. The fourth-order valence-electron chi connectivity index (χ4n) is 0.419.